The molecule has 3 nitrogen and oxygen atoms in total. The summed E-state index contributed by atoms with van der Waals surface area (Å²) in [5, 5.41) is 9.19. The number of aliphatic hydroxyl groups is 1. The number of fused-ring (bicyclic) bond motifs is 1. The minimum absolute atomic E-state index is 0.0972. The summed E-state index contributed by atoms with van der Waals surface area (Å²) in [6, 6.07) is 0. The molecule has 2 rings (SSSR count). The Kier molecular flexibility index (Phi) is 1.22. The second-order valence-electron chi connectivity index (χ2n) is 2.59. The van der Waals surface area contributed by atoms with Crippen LogP contribution in [-0.2, 0) is 9.47 Å². The first-order valence-electron chi connectivity index (χ1n) is 3.29. The van der Waals surface area contributed by atoms with E-state index in [1.54, 1.807) is 0 Å². The van der Waals surface area contributed by atoms with Gasteiger partial charge in [0, 0.05) is 5.92 Å². The van der Waals surface area contributed by atoms with Crippen molar-refractivity contribution in [1.82, 2.24) is 0 Å². The molecule has 2 aliphatic rings. The topological polar surface area (TPSA) is 38.7 Å². The van der Waals surface area contributed by atoms with Crippen molar-refractivity contribution in [2.24, 2.45) is 5.92 Å². The molecule has 0 bridgehead atoms. The molecule has 3 heteroatoms. The van der Waals surface area contributed by atoms with Crippen molar-refractivity contribution in [1.29, 1.82) is 0 Å². The van der Waals surface area contributed by atoms with E-state index in [-0.39, 0.29) is 18.3 Å². The molecule has 9 heavy (non-hydrogen) atoms. The zero-order valence-corrected chi connectivity index (χ0v) is 5.12. The van der Waals surface area contributed by atoms with Gasteiger partial charge in [0.15, 0.2) is 6.29 Å². The van der Waals surface area contributed by atoms with Gasteiger partial charge in [-0.15, -0.1) is 0 Å². The van der Waals surface area contributed by atoms with E-state index in [9.17, 15) is 5.11 Å². The van der Waals surface area contributed by atoms with Crippen molar-refractivity contribution in [3.8, 4) is 0 Å². The van der Waals surface area contributed by atoms with Gasteiger partial charge in [-0.3, -0.25) is 0 Å². The summed E-state index contributed by atoms with van der Waals surface area (Å²) in [5.41, 5.74) is 0. The van der Waals surface area contributed by atoms with E-state index in [0.29, 0.717) is 6.61 Å². The van der Waals surface area contributed by atoms with Crippen LogP contribution in [0.4, 0.5) is 0 Å². The highest BCUT2D eigenvalue weighted by Crippen LogP contribution is 2.30. The molecule has 0 aromatic rings. The van der Waals surface area contributed by atoms with Gasteiger partial charge in [-0.2, -0.15) is 0 Å². The summed E-state index contributed by atoms with van der Waals surface area (Å²) < 4.78 is 10.3. The molecule has 0 unspecified atom stereocenters. The van der Waals surface area contributed by atoms with E-state index in [4.69, 9.17) is 9.47 Å². The molecule has 0 aliphatic carbocycles. The normalized spacial score (nSPS) is 49.7. The van der Waals surface area contributed by atoms with Gasteiger partial charge in [-0.25, -0.2) is 0 Å². The summed E-state index contributed by atoms with van der Waals surface area (Å²) in [6.45, 7) is 1.20. The average Bonchev–Trinajstić information content (AvgIpc) is 2.35. The lowest BCUT2D eigenvalue weighted by molar-refractivity contribution is -0.0907. The standard InChI is InChI=1S/C6H10O3/c7-5-3-9-6-4(5)1-2-8-6/h4-7H,1-3H2/t4-,5+,6+/m1/s1. The van der Waals surface area contributed by atoms with Crippen molar-refractivity contribution < 1.29 is 14.6 Å². The van der Waals surface area contributed by atoms with Crippen LogP contribution in [0.1, 0.15) is 6.42 Å². The fourth-order valence-electron chi connectivity index (χ4n) is 1.44. The minimum Gasteiger partial charge on any atom is -0.390 e. The van der Waals surface area contributed by atoms with Gasteiger partial charge in [-0.05, 0) is 6.42 Å². The van der Waals surface area contributed by atoms with Crippen LogP contribution in [0.25, 0.3) is 0 Å². The van der Waals surface area contributed by atoms with Crippen molar-refractivity contribution in [2.75, 3.05) is 13.2 Å². The highest BCUT2D eigenvalue weighted by Gasteiger charge is 2.40. The molecular formula is C6H10O3. The highest BCUT2D eigenvalue weighted by molar-refractivity contribution is 4.81. The van der Waals surface area contributed by atoms with Crippen LogP contribution in [0, 0.1) is 5.92 Å². The molecule has 2 heterocycles. The third kappa shape index (κ3) is 0.764. The Bertz CT molecular complexity index is 115. The highest BCUT2D eigenvalue weighted by atomic mass is 16.7. The largest absolute Gasteiger partial charge is 0.390 e. The van der Waals surface area contributed by atoms with Gasteiger partial charge in [0.2, 0.25) is 0 Å². The third-order valence-corrected chi connectivity index (χ3v) is 2.01. The summed E-state index contributed by atoms with van der Waals surface area (Å²) in [7, 11) is 0. The van der Waals surface area contributed by atoms with Gasteiger partial charge in [0.25, 0.3) is 0 Å². The van der Waals surface area contributed by atoms with E-state index in [2.05, 4.69) is 0 Å². The summed E-state index contributed by atoms with van der Waals surface area (Å²) in [6.07, 6.45) is 0.573. The Hall–Kier alpha value is -0.120. The Morgan fingerprint density at radius 3 is 3.00 bits per heavy atom. The molecular weight excluding hydrogens is 120 g/mol. The zero-order chi connectivity index (χ0) is 6.27. The Morgan fingerprint density at radius 1 is 1.33 bits per heavy atom. The maximum Gasteiger partial charge on any atom is 0.163 e. The molecule has 2 fully saturated rings. The lowest BCUT2D eigenvalue weighted by Crippen LogP contribution is -2.18. The molecule has 0 aromatic heterocycles. The van der Waals surface area contributed by atoms with E-state index in [0.717, 1.165) is 13.0 Å². The van der Waals surface area contributed by atoms with Gasteiger partial charge < -0.3 is 14.6 Å². The monoisotopic (exact) mass is 130 g/mol. The van der Waals surface area contributed by atoms with Crippen LogP contribution in [0.15, 0.2) is 0 Å². The number of aliphatic hydroxyl groups excluding tert-OH is 1. The molecule has 0 saturated carbocycles. The number of rotatable bonds is 0. The van der Waals surface area contributed by atoms with Crippen LogP contribution >= 0.6 is 0 Å². The second kappa shape index (κ2) is 1.94. The molecule has 52 valence electrons. The first-order chi connectivity index (χ1) is 4.38. The van der Waals surface area contributed by atoms with Crippen LogP contribution in [0.3, 0.4) is 0 Å². The molecule has 0 amide bonds. The Labute approximate surface area is 53.6 Å². The minimum atomic E-state index is -0.280. The first kappa shape index (κ1) is 5.65. The lowest BCUT2D eigenvalue weighted by Gasteiger charge is -2.06. The van der Waals surface area contributed by atoms with Crippen LogP contribution in [0.2, 0.25) is 0 Å². The van der Waals surface area contributed by atoms with Crippen molar-refractivity contribution >= 4 is 0 Å². The Morgan fingerprint density at radius 2 is 2.22 bits per heavy atom. The maximum atomic E-state index is 9.19. The predicted molar refractivity (Wildman–Crippen MR) is 29.8 cm³/mol. The molecule has 3 atom stereocenters. The van der Waals surface area contributed by atoms with E-state index < -0.39 is 0 Å². The van der Waals surface area contributed by atoms with Crippen LogP contribution in [0.5, 0.6) is 0 Å². The van der Waals surface area contributed by atoms with E-state index in [1.165, 1.54) is 0 Å². The lowest BCUT2D eigenvalue weighted by atomic mass is 10.0. The molecule has 0 spiro atoms. The van der Waals surface area contributed by atoms with Crippen molar-refractivity contribution in [3.05, 3.63) is 0 Å². The molecule has 1 N–H and O–H groups in total. The summed E-state index contributed by atoms with van der Waals surface area (Å²) in [5.74, 6) is 0.255. The fourth-order valence-corrected chi connectivity index (χ4v) is 1.44. The van der Waals surface area contributed by atoms with Crippen LogP contribution < -0.4 is 0 Å². The first-order valence-corrected chi connectivity index (χ1v) is 3.29. The SMILES string of the molecule is O[C@H]1CO[C@@H]2OCC[C@@H]21. The van der Waals surface area contributed by atoms with E-state index in [1.807, 2.05) is 0 Å². The van der Waals surface area contributed by atoms with Gasteiger partial charge >= 0.3 is 0 Å². The number of hydrogen-bond donors (Lipinski definition) is 1. The number of hydrogen-bond acceptors (Lipinski definition) is 3. The molecule has 2 aliphatic heterocycles. The zero-order valence-electron chi connectivity index (χ0n) is 5.12. The van der Waals surface area contributed by atoms with Gasteiger partial charge in [-0.1, -0.05) is 0 Å². The van der Waals surface area contributed by atoms with Gasteiger partial charge in [0.1, 0.15) is 0 Å². The Balaban J connectivity index is 2.07. The predicted octanol–water partition coefficient (Wildman–Crippen LogP) is -0.260. The number of ether oxygens (including phenoxy) is 2. The smallest absolute Gasteiger partial charge is 0.163 e. The van der Waals surface area contributed by atoms with Gasteiger partial charge in [0.05, 0.1) is 19.3 Å². The van der Waals surface area contributed by atoms with E-state index >= 15 is 0 Å². The average molecular weight is 130 g/mol. The molecule has 0 aromatic carbocycles. The third-order valence-electron chi connectivity index (χ3n) is 2.01. The second-order valence-corrected chi connectivity index (χ2v) is 2.59. The molecule has 2 saturated heterocycles. The van der Waals surface area contributed by atoms with Crippen molar-refractivity contribution in [3.63, 3.8) is 0 Å². The molecule has 0 radical (unpaired) electrons. The quantitative estimate of drug-likeness (QED) is 0.491. The van der Waals surface area contributed by atoms with Crippen molar-refractivity contribution in [2.45, 2.75) is 18.8 Å². The fraction of sp³-hybridized carbons (Fsp3) is 1.00. The summed E-state index contributed by atoms with van der Waals surface area (Å²) in [4.78, 5) is 0. The summed E-state index contributed by atoms with van der Waals surface area (Å²) >= 11 is 0. The maximum absolute atomic E-state index is 9.19. The van der Waals surface area contributed by atoms with Crippen LogP contribution in [-0.4, -0.2) is 30.7 Å².